The number of unbranched alkanes of at least 4 members (excludes halogenated alkanes) is 1. The molecule has 0 rings (SSSR count). The van der Waals surface area contributed by atoms with E-state index in [-0.39, 0.29) is 5.41 Å². The van der Waals surface area contributed by atoms with E-state index < -0.39 is 0 Å². The number of nitrogens with two attached hydrogens (primary N) is 1. The van der Waals surface area contributed by atoms with Crippen LogP contribution in [0.15, 0.2) is 5.16 Å². The Morgan fingerprint density at radius 1 is 1.28 bits per heavy atom. The molecule has 0 fully saturated rings. The van der Waals surface area contributed by atoms with Gasteiger partial charge in [0.2, 0.25) is 0 Å². The van der Waals surface area contributed by atoms with Gasteiger partial charge in [-0.05, 0) is 45.3 Å². The summed E-state index contributed by atoms with van der Waals surface area (Å²) in [5.74, 6) is 1.10. The fourth-order valence-electron chi connectivity index (χ4n) is 1.80. The summed E-state index contributed by atoms with van der Waals surface area (Å²) in [6, 6.07) is 0. The van der Waals surface area contributed by atoms with Crippen molar-refractivity contribution in [2.24, 2.45) is 22.2 Å². The third kappa shape index (κ3) is 7.54. The Labute approximate surface area is 112 Å². The second-order valence-electron chi connectivity index (χ2n) is 6.31. The molecule has 0 heterocycles. The van der Waals surface area contributed by atoms with Crippen LogP contribution in [0.2, 0.25) is 0 Å². The van der Waals surface area contributed by atoms with Gasteiger partial charge in [-0.2, -0.15) is 0 Å². The van der Waals surface area contributed by atoms with Crippen molar-refractivity contribution < 1.29 is 5.21 Å². The molecule has 0 aromatic heterocycles. The van der Waals surface area contributed by atoms with E-state index in [4.69, 9.17) is 10.9 Å². The van der Waals surface area contributed by atoms with Crippen LogP contribution in [0.1, 0.15) is 53.4 Å². The lowest BCUT2D eigenvalue weighted by molar-refractivity contribution is 0.290. The van der Waals surface area contributed by atoms with E-state index in [1.807, 2.05) is 13.8 Å². The molecule has 3 N–H and O–H groups in total. The van der Waals surface area contributed by atoms with Crippen molar-refractivity contribution in [3.8, 4) is 0 Å². The average Bonchev–Trinajstić information content (AvgIpc) is 2.30. The number of hydrogen-bond acceptors (Lipinski definition) is 3. The summed E-state index contributed by atoms with van der Waals surface area (Å²) in [7, 11) is 2.18. The number of amidine groups is 1. The van der Waals surface area contributed by atoms with E-state index in [2.05, 4.69) is 31.0 Å². The van der Waals surface area contributed by atoms with E-state index in [9.17, 15) is 0 Å². The van der Waals surface area contributed by atoms with Gasteiger partial charge >= 0.3 is 0 Å². The SMILES string of the molecule is CC(C)CCN(C)CCCCC(C)(C)C(N)=NO. The Kier molecular flexibility index (Phi) is 8.00. The third-order valence-electron chi connectivity index (χ3n) is 3.48. The Hall–Kier alpha value is -0.770. The summed E-state index contributed by atoms with van der Waals surface area (Å²) in [6.07, 6.45) is 4.49. The van der Waals surface area contributed by atoms with Crippen LogP contribution in [0.25, 0.3) is 0 Å². The van der Waals surface area contributed by atoms with Crippen molar-refractivity contribution in [2.45, 2.75) is 53.4 Å². The molecule has 0 saturated heterocycles. The topological polar surface area (TPSA) is 61.8 Å². The maximum absolute atomic E-state index is 8.69. The van der Waals surface area contributed by atoms with Gasteiger partial charge in [-0.1, -0.05) is 39.3 Å². The first-order valence-electron chi connectivity index (χ1n) is 6.96. The molecular weight excluding hydrogens is 226 g/mol. The first kappa shape index (κ1) is 17.2. The fraction of sp³-hybridized carbons (Fsp3) is 0.929. The first-order chi connectivity index (χ1) is 8.29. The standard InChI is InChI=1S/C14H31N3O/c1-12(2)8-11-17(5)10-7-6-9-14(3,4)13(15)16-18/h12,18H,6-11H2,1-5H3,(H2,15,16). The second kappa shape index (κ2) is 8.35. The van der Waals surface area contributed by atoms with Gasteiger partial charge in [0.25, 0.3) is 0 Å². The predicted molar refractivity (Wildman–Crippen MR) is 78.0 cm³/mol. The molecule has 0 amide bonds. The smallest absolute Gasteiger partial charge is 0.144 e. The lowest BCUT2D eigenvalue weighted by Gasteiger charge is -2.23. The van der Waals surface area contributed by atoms with Crippen molar-refractivity contribution in [3.63, 3.8) is 0 Å². The zero-order chi connectivity index (χ0) is 14.2. The molecule has 4 nitrogen and oxygen atoms in total. The molecule has 0 aliphatic rings. The minimum absolute atomic E-state index is 0.203. The lowest BCUT2D eigenvalue weighted by Crippen LogP contribution is -2.32. The van der Waals surface area contributed by atoms with Crippen LogP contribution in [-0.4, -0.2) is 36.1 Å². The molecule has 0 unspecified atom stereocenters. The highest BCUT2D eigenvalue weighted by Gasteiger charge is 2.22. The molecule has 18 heavy (non-hydrogen) atoms. The van der Waals surface area contributed by atoms with Crippen molar-refractivity contribution in [3.05, 3.63) is 0 Å². The molecule has 0 atom stereocenters. The van der Waals surface area contributed by atoms with Crippen molar-refractivity contribution in [1.29, 1.82) is 0 Å². The van der Waals surface area contributed by atoms with Gasteiger partial charge in [-0.3, -0.25) is 0 Å². The van der Waals surface area contributed by atoms with Crippen molar-refractivity contribution in [1.82, 2.24) is 4.90 Å². The third-order valence-corrected chi connectivity index (χ3v) is 3.48. The number of nitrogens with zero attached hydrogens (tertiary/aromatic N) is 2. The zero-order valence-electron chi connectivity index (χ0n) is 12.7. The fourth-order valence-corrected chi connectivity index (χ4v) is 1.80. The van der Waals surface area contributed by atoms with E-state index >= 15 is 0 Å². The lowest BCUT2D eigenvalue weighted by atomic mass is 9.86. The van der Waals surface area contributed by atoms with Crippen LogP contribution in [0.3, 0.4) is 0 Å². The predicted octanol–water partition coefficient (Wildman–Crippen LogP) is 2.91. The van der Waals surface area contributed by atoms with E-state index in [1.54, 1.807) is 0 Å². The molecule has 0 saturated carbocycles. The van der Waals surface area contributed by atoms with Crippen LogP contribution >= 0.6 is 0 Å². The number of hydrogen-bond donors (Lipinski definition) is 2. The highest BCUT2D eigenvalue weighted by molar-refractivity contribution is 5.85. The molecule has 0 aliphatic carbocycles. The van der Waals surface area contributed by atoms with Gasteiger partial charge in [0.1, 0.15) is 5.84 Å². The zero-order valence-corrected chi connectivity index (χ0v) is 12.7. The van der Waals surface area contributed by atoms with E-state index in [0.717, 1.165) is 31.7 Å². The van der Waals surface area contributed by atoms with Gasteiger partial charge in [-0.15, -0.1) is 0 Å². The van der Waals surface area contributed by atoms with Gasteiger partial charge in [0, 0.05) is 5.41 Å². The summed E-state index contributed by atoms with van der Waals surface area (Å²) < 4.78 is 0. The van der Waals surface area contributed by atoms with Crippen molar-refractivity contribution >= 4 is 5.84 Å². The minimum Gasteiger partial charge on any atom is -0.409 e. The molecule has 108 valence electrons. The van der Waals surface area contributed by atoms with Crippen LogP contribution in [0.5, 0.6) is 0 Å². The molecule has 0 aromatic rings. The van der Waals surface area contributed by atoms with Crippen LogP contribution in [0.4, 0.5) is 0 Å². The Morgan fingerprint density at radius 3 is 2.39 bits per heavy atom. The summed E-state index contributed by atoms with van der Waals surface area (Å²) in [6.45, 7) is 10.8. The van der Waals surface area contributed by atoms with Gasteiger partial charge in [0.15, 0.2) is 0 Å². The molecule has 0 radical (unpaired) electrons. The van der Waals surface area contributed by atoms with Crippen LogP contribution in [0, 0.1) is 11.3 Å². The normalized spacial score (nSPS) is 13.6. The first-order valence-corrected chi connectivity index (χ1v) is 6.96. The largest absolute Gasteiger partial charge is 0.409 e. The Morgan fingerprint density at radius 2 is 1.89 bits per heavy atom. The van der Waals surface area contributed by atoms with Gasteiger partial charge in [0.05, 0.1) is 0 Å². The molecule has 0 aliphatic heterocycles. The monoisotopic (exact) mass is 257 g/mol. The maximum atomic E-state index is 8.69. The van der Waals surface area contributed by atoms with E-state index in [0.29, 0.717) is 5.84 Å². The number of rotatable bonds is 9. The summed E-state index contributed by atoms with van der Waals surface area (Å²) in [5, 5.41) is 11.8. The summed E-state index contributed by atoms with van der Waals surface area (Å²) >= 11 is 0. The van der Waals surface area contributed by atoms with Gasteiger partial charge < -0.3 is 15.8 Å². The Balaban J connectivity index is 3.73. The van der Waals surface area contributed by atoms with Crippen LogP contribution in [-0.2, 0) is 0 Å². The maximum Gasteiger partial charge on any atom is 0.144 e. The molecule has 0 aromatic carbocycles. The molecule has 4 heteroatoms. The van der Waals surface area contributed by atoms with Crippen LogP contribution < -0.4 is 5.73 Å². The summed E-state index contributed by atoms with van der Waals surface area (Å²) in [5.41, 5.74) is 5.46. The minimum atomic E-state index is -0.203. The molecular formula is C14H31N3O. The van der Waals surface area contributed by atoms with Gasteiger partial charge in [-0.25, -0.2) is 0 Å². The van der Waals surface area contributed by atoms with E-state index in [1.165, 1.54) is 13.0 Å². The van der Waals surface area contributed by atoms with Crippen molar-refractivity contribution in [2.75, 3.05) is 20.1 Å². The summed E-state index contributed by atoms with van der Waals surface area (Å²) in [4.78, 5) is 2.39. The quantitative estimate of drug-likeness (QED) is 0.219. The second-order valence-corrected chi connectivity index (χ2v) is 6.31. The molecule has 0 spiro atoms. The highest BCUT2D eigenvalue weighted by atomic mass is 16.4. The highest BCUT2D eigenvalue weighted by Crippen LogP contribution is 2.23. The molecule has 0 bridgehead atoms. The average molecular weight is 257 g/mol. The Bertz CT molecular complexity index is 249. The number of oxime groups is 1.